The van der Waals surface area contributed by atoms with Crippen LogP contribution in [0.5, 0.6) is 0 Å². The van der Waals surface area contributed by atoms with E-state index in [0.29, 0.717) is 10.0 Å². The molecule has 0 aliphatic carbocycles. The summed E-state index contributed by atoms with van der Waals surface area (Å²) in [6.45, 7) is 1.63. The van der Waals surface area contributed by atoms with E-state index in [9.17, 15) is 14.9 Å². The Bertz CT molecular complexity index is 707. The van der Waals surface area contributed by atoms with E-state index in [1.54, 1.807) is 19.1 Å². The molecule has 0 aliphatic heterocycles. The minimum Gasteiger partial charge on any atom is -0.444 e. The molecule has 0 saturated heterocycles. The Morgan fingerprint density at radius 2 is 2.09 bits per heavy atom. The first kappa shape index (κ1) is 15.9. The summed E-state index contributed by atoms with van der Waals surface area (Å²) >= 11 is 3.17. The van der Waals surface area contributed by atoms with Crippen molar-refractivity contribution in [3.8, 4) is 0 Å². The molecule has 1 heterocycles. The Morgan fingerprint density at radius 3 is 2.73 bits per heavy atom. The molecule has 0 spiro atoms. The Balaban J connectivity index is 2.09. The summed E-state index contributed by atoms with van der Waals surface area (Å²) in [5.74, 6) is -0.149. The zero-order valence-electron chi connectivity index (χ0n) is 11.6. The monoisotopic (exact) mass is 365 g/mol. The predicted molar refractivity (Wildman–Crippen MR) is 83.6 cm³/mol. The van der Waals surface area contributed by atoms with E-state index in [0.717, 1.165) is 5.56 Å². The number of aromatic nitrogens is 1. The van der Waals surface area contributed by atoms with Crippen molar-refractivity contribution in [1.29, 1.82) is 0 Å². The summed E-state index contributed by atoms with van der Waals surface area (Å²) in [7, 11) is 0. The first-order chi connectivity index (χ1) is 10.5. The zero-order chi connectivity index (χ0) is 16.1. The molecule has 0 unspecified atom stereocenters. The molecule has 8 heteroatoms. The highest BCUT2D eigenvalue weighted by molar-refractivity contribution is 9.10. The van der Waals surface area contributed by atoms with Crippen LogP contribution in [0.2, 0.25) is 0 Å². The van der Waals surface area contributed by atoms with Crippen LogP contribution in [-0.4, -0.2) is 16.0 Å². The number of halogens is 1. The first-order valence-electron chi connectivity index (χ1n) is 6.26. The van der Waals surface area contributed by atoms with Crippen LogP contribution >= 0.6 is 15.9 Å². The molecule has 1 aromatic heterocycles. The number of carbonyl (C=O) groups excluding carboxylic acids is 1. The number of carbonyl (C=O) groups is 1. The Hall–Kier alpha value is -2.48. The summed E-state index contributed by atoms with van der Waals surface area (Å²) in [6, 6.07) is 9.10. The summed E-state index contributed by atoms with van der Waals surface area (Å²) in [6.07, 6.45) is 0.580. The van der Waals surface area contributed by atoms with Gasteiger partial charge in [0.25, 0.3) is 0 Å². The van der Waals surface area contributed by atoms with Gasteiger partial charge in [-0.25, -0.2) is 9.78 Å². The van der Waals surface area contributed by atoms with Crippen molar-refractivity contribution in [1.82, 2.24) is 4.98 Å². The van der Waals surface area contributed by atoms with E-state index in [1.165, 1.54) is 6.20 Å². The van der Waals surface area contributed by atoms with Crippen molar-refractivity contribution in [2.45, 2.75) is 13.5 Å². The lowest BCUT2D eigenvalue weighted by Gasteiger charge is -2.08. The third kappa shape index (κ3) is 3.79. The summed E-state index contributed by atoms with van der Waals surface area (Å²) in [4.78, 5) is 26.1. The summed E-state index contributed by atoms with van der Waals surface area (Å²) < 4.78 is 5.50. The van der Waals surface area contributed by atoms with Crippen molar-refractivity contribution in [2.24, 2.45) is 0 Å². The lowest BCUT2D eigenvalue weighted by Crippen LogP contribution is -2.16. The molecular weight excluding hydrogens is 354 g/mol. The van der Waals surface area contributed by atoms with Gasteiger partial charge < -0.3 is 4.74 Å². The number of rotatable bonds is 4. The Morgan fingerprint density at radius 1 is 1.41 bits per heavy atom. The maximum atomic E-state index is 11.7. The van der Waals surface area contributed by atoms with E-state index in [2.05, 4.69) is 26.2 Å². The van der Waals surface area contributed by atoms with Crippen LogP contribution < -0.4 is 5.32 Å². The quantitative estimate of drug-likeness (QED) is 0.656. The second-order valence-corrected chi connectivity index (χ2v) is 5.23. The SMILES string of the molecule is Cc1c(Br)cnc(NC(=O)OCc2ccccc2)c1[N+](=O)[O-]. The molecular formula is C14H12BrN3O4. The summed E-state index contributed by atoms with van der Waals surface area (Å²) in [5, 5.41) is 13.4. The topological polar surface area (TPSA) is 94.4 Å². The molecule has 2 rings (SSSR count). The molecule has 1 N–H and O–H groups in total. The first-order valence-corrected chi connectivity index (χ1v) is 7.05. The Labute approximate surface area is 134 Å². The van der Waals surface area contributed by atoms with E-state index in [1.807, 2.05) is 18.2 Å². The van der Waals surface area contributed by atoms with Crippen LogP contribution in [0.25, 0.3) is 0 Å². The molecule has 0 bridgehead atoms. The van der Waals surface area contributed by atoms with Gasteiger partial charge in [-0.3, -0.25) is 15.4 Å². The molecule has 114 valence electrons. The van der Waals surface area contributed by atoms with Crippen LogP contribution in [0.3, 0.4) is 0 Å². The highest BCUT2D eigenvalue weighted by atomic mass is 79.9. The van der Waals surface area contributed by atoms with Crippen LogP contribution in [0.4, 0.5) is 16.3 Å². The second kappa shape index (κ2) is 6.99. The van der Waals surface area contributed by atoms with Gasteiger partial charge in [0.2, 0.25) is 5.82 Å². The van der Waals surface area contributed by atoms with Crippen molar-refractivity contribution in [2.75, 3.05) is 5.32 Å². The standard InChI is InChI=1S/C14H12BrN3O4/c1-9-11(15)7-16-13(12(9)18(20)21)17-14(19)22-8-10-5-3-2-4-6-10/h2-7H,8H2,1H3,(H,16,17,19). The minimum atomic E-state index is -0.804. The number of benzene rings is 1. The van der Waals surface area contributed by atoms with Gasteiger partial charge >= 0.3 is 11.8 Å². The average molecular weight is 366 g/mol. The third-order valence-corrected chi connectivity index (χ3v) is 3.66. The number of pyridine rings is 1. The molecule has 1 amide bonds. The lowest BCUT2D eigenvalue weighted by atomic mass is 10.2. The van der Waals surface area contributed by atoms with Gasteiger partial charge in [0.15, 0.2) is 0 Å². The number of hydrogen-bond donors (Lipinski definition) is 1. The van der Waals surface area contributed by atoms with Gasteiger partial charge in [-0.1, -0.05) is 30.3 Å². The summed E-state index contributed by atoms with van der Waals surface area (Å²) in [5.41, 5.74) is 0.913. The number of nitrogens with zero attached hydrogens (tertiary/aromatic N) is 2. The van der Waals surface area contributed by atoms with E-state index < -0.39 is 11.0 Å². The highest BCUT2D eigenvalue weighted by Gasteiger charge is 2.23. The van der Waals surface area contributed by atoms with Crippen LogP contribution in [-0.2, 0) is 11.3 Å². The Kier molecular flexibility index (Phi) is 5.05. The van der Waals surface area contributed by atoms with Gasteiger partial charge in [0.1, 0.15) is 6.61 Å². The molecule has 0 fully saturated rings. The maximum Gasteiger partial charge on any atom is 0.413 e. The fraction of sp³-hybridized carbons (Fsp3) is 0.143. The molecule has 22 heavy (non-hydrogen) atoms. The van der Waals surface area contributed by atoms with Crippen LogP contribution in [0, 0.1) is 17.0 Å². The molecule has 0 radical (unpaired) electrons. The van der Waals surface area contributed by atoms with E-state index in [4.69, 9.17) is 4.74 Å². The molecule has 2 aromatic rings. The van der Waals surface area contributed by atoms with E-state index in [-0.39, 0.29) is 18.1 Å². The van der Waals surface area contributed by atoms with Crippen molar-refractivity contribution >= 4 is 33.5 Å². The van der Waals surface area contributed by atoms with Crippen molar-refractivity contribution in [3.05, 3.63) is 62.2 Å². The van der Waals surface area contributed by atoms with Crippen LogP contribution in [0.1, 0.15) is 11.1 Å². The average Bonchev–Trinajstić information content (AvgIpc) is 2.50. The molecule has 7 nitrogen and oxygen atoms in total. The van der Waals surface area contributed by atoms with Crippen LogP contribution in [0.15, 0.2) is 41.0 Å². The van der Waals surface area contributed by atoms with Crippen molar-refractivity contribution < 1.29 is 14.5 Å². The number of anilines is 1. The lowest BCUT2D eigenvalue weighted by molar-refractivity contribution is -0.384. The smallest absolute Gasteiger partial charge is 0.413 e. The maximum absolute atomic E-state index is 11.7. The van der Waals surface area contributed by atoms with Gasteiger partial charge in [0, 0.05) is 16.2 Å². The van der Waals surface area contributed by atoms with Gasteiger partial charge in [0.05, 0.1) is 4.92 Å². The van der Waals surface area contributed by atoms with Gasteiger partial charge in [-0.2, -0.15) is 0 Å². The highest BCUT2D eigenvalue weighted by Crippen LogP contribution is 2.31. The molecule has 1 aromatic carbocycles. The third-order valence-electron chi connectivity index (χ3n) is 2.86. The fourth-order valence-electron chi connectivity index (χ4n) is 1.74. The van der Waals surface area contributed by atoms with Gasteiger partial charge in [-0.05, 0) is 28.4 Å². The number of hydrogen-bond acceptors (Lipinski definition) is 5. The molecule has 0 aliphatic rings. The normalized spacial score (nSPS) is 10.1. The predicted octanol–water partition coefficient (Wildman–Crippen LogP) is 3.81. The second-order valence-electron chi connectivity index (χ2n) is 4.37. The largest absolute Gasteiger partial charge is 0.444 e. The minimum absolute atomic E-state index is 0.0655. The van der Waals surface area contributed by atoms with Gasteiger partial charge in [-0.15, -0.1) is 0 Å². The number of nitrogens with one attached hydrogen (secondary N) is 1. The zero-order valence-corrected chi connectivity index (χ0v) is 13.2. The van der Waals surface area contributed by atoms with E-state index >= 15 is 0 Å². The number of ether oxygens (including phenoxy) is 1. The molecule has 0 atom stereocenters. The number of amides is 1. The fourth-order valence-corrected chi connectivity index (χ4v) is 2.03. The molecule has 0 saturated carbocycles. The van der Waals surface area contributed by atoms with Crippen molar-refractivity contribution in [3.63, 3.8) is 0 Å². The number of nitro groups is 1.